The van der Waals surface area contributed by atoms with E-state index in [0.717, 1.165) is 18.6 Å². The van der Waals surface area contributed by atoms with E-state index in [9.17, 15) is 18.0 Å². The third kappa shape index (κ3) is 3.28. The molecule has 0 aliphatic carbocycles. The first kappa shape index (κ1) is 17.2. The normalized spacial score (nSPS) is 27.6. The Kier molecular flexibility index (Phi) is 5.10. The molecule has 2 heterocycles. The molecule has 132 valence electrons. The summed E-state index contributed by atoms with van der Waals surface area (Å²) in [5, 5.41) is 2.94. The second-order valence-corrected chi connectivity index (χ2v) is 6.28. The van der Waals surface area contributed by atoms with Gasteiger partial charge in [0.25, 0.3) is 0 Å². The number of rotatable bonds is 4. The number of nitrogens with one attached hydrogen (secondary N) is 1. The van der Waals surface area contributed by atoms with Crippen molar-refractivity contribution >= 4 is 5.91 Å². The molecule has 1 N–H and O–H groups in total. The largest absolute Gasteiger partial charge is 0.368 e. The number of nitrogens with zero attached hydrogens (tertiary/aromatic N) is 1. The van der Waals surface area contributed by atoms with Gasteiger partial charge in [-0.05, 0) is 43.5 Å². The molecular formula is C17H21F3N2O2. The molecule has 2 aliphatic rings. The highest BCUT2D eigenvalue weighted by molar-refractivity contribution is 5.81. The van der Waals surface area contributed by atoms with Crippen LogP contribution in [0.2, 0.25) is 0 Å². The topological polar surface area (TPSA) is 41.6 Å². The van der Waals surface area contributed by atoms with Crippen molar-refractivity contribution in [2.75, 3.05) is 19.7 Å². The second kappa shape index (κ2) is 7.11. The summed E-state index contributed by atoms with van der Waals surface area (Å²) in [5.74, 6) is -4.09. The van der Waals surface area contributed by atoms with Crippen LogP contribution in [0.4, 0.5) is 13.2 Å². The summed E-state index contributed by atoms with van der Waals surface area (Å²) in [6.45, 7) is 3.87. The molecule has 1 aromatic carbocycles. The molecule has 4 nitrogen and oxygen atoms in total. The average molecular weight is 342 g/mol. The minimum absolute atomic E-state index is 0.191. The lowest BCUT2D eigenvalue weighted by Crippen LogP contribution is -2.44. The lowest BCUT2D eigenvalue weighted by Gasteiger charge is -2.29. The van der Waals surface area contributed by atoms with Crippen molar-refractivity contribution in [1.29, 1.82) is 0 Å². The zero-order valence-corrected chi connectivity index (χ0v) is 13.5. The van der Waals surface area contributed by atoms with E-state index in [2.05, 4.69) is 5.32 Å². The molecule has 3 atom stereocenters. The Morgan fingerprint density at radius 3 is 2.58 bits per heavy atom. The number of hydrogen-bond donors (Lipinski definition) is 1. The number of halogens is 3. The Hall–Kier alpha value is -1.60. The third-order valence-corrected chi connectivity index (χ3v) is 4.81. The number of likely N-dealkylation sites (N-methyl/N-ethyl adjacent to an activating group) is 1. The van der Waals surface area contributed by atoms with Gasteiger partial charge in [0.2, 0.25) is 5.91 Å². The van der Waals surface area contributed by atoms with Gasteiger partial charge in [-0.25, -0.2) is 13.2 Å². The molecule has 0 aromatic heterocycles. The first-order valence-electron chi connectivity index (χ1n) is 8.31. The van der Waals surface area contributed by atoms with E-state index in [4.69, 9.17) is 4.74 Å². The SMILES string of the molecule is CCN1CCC(NC(=O)[C@@H]2CCCO2)C1c1cc(F)c(F)c(F)c1. The average Bonchev–Trinajstić information content (AvgIpc) is 3.21. The van der Waals surface area contributed by atoms with Crippen LogP contribution < -0.4 is 5.32 Å². The molecule has 0 saturated carbocycles. The Bertz CT molecular complexity index is 597. The van der Waals surface area contributed by atoms with E-state index in [0.29, 0.717) is 38.1 Å². The van der Waals surface area contributed by atoms with Crippen molar-refractivity contribution in [3.8, 4) is 0 Å². The number of carbonyl (C=O) groups excluding carboxylic acids is 1. The Balaban J connectivity index is 1.82. The first-order chi connectivity index (χ1) is 11.5. The van der Waals surface area contributed by atoms with E-state index < -0.39 is 23.6 Å². The van der Waals surface area contributed by atoms with Crippen LogP contribution in [-0.2, 0) is 9.53 Å². The molecule has 3 rings (SSSR count). The minimum Gasteiger partial charge on any atom is -0.368 e. The van der Waals surface area contributed by atoms with E-state index in [1.54, 1.807) is 0 Å². The standard InChI is InChI=1S/C17H21F3N2O2/c1-2-22-6-5-13(21-17(23)14-4-3-7-24-14)16(22)10-8-11(18)15(20)12(19)9-10/h8-9,13-14,16H,2-7H2,1H3,(H,21,23)/t13?,14-,16?/m0/s1. The predicted octanol–water partition coefficient (Wildman–Crippen LogP) is 2.53. The molecule has 0 radical (unpaired) electrons. The summed E-state index contributed by atoms with van der Waals surface area (Å²) in [4.78, 5) is 14.3. The van der Waals surface area contributed by atoms with E-state index in [-0.39, 0.29) is 18.0 Å². The summed E-state index contributed by atoms with van der Waals surface area (Å²) in [6, 6.07) is 1.36. The van der Waals surface area contributed by atoms with Crippen LogP contribution in [0.15, 0.2) is 12.1 Å². The number of benzene rings is 1. The fourth-order valence-corrected chi connectivity index (χ4v) is 3.61. The van der Waals surface area contributed by atoms with Crippen molar-refractivity contribution in [1.82, 2.24) is 10.2 Å². The molecule has 0 spiro atoms. The number of carbonyl (C=O) groups is 1. The maximum Gasteiger partial charge on any atom is 0.249 e. The third-order valence-electron chi connectivity index (χ3n) is 4.81. The first-order valence-corrected chi connectivity index (χ1v) is 8.31. The van der Waals surface area contributed by atoms with E-state index in [1.807, 2.05) is 11.8 Å². The van der Waals surface area contributed by atoms with Crippen molar-refractivity contribution in [3.05, 3.63) is 35.1 Å². The monoisotopic (exact) mass is 342 g/mol. The van der Waals surface area contributed by atoms with Crippen LogP contribution in [0.5, 0.6) is 0 Å². The lowest BCUT2D eigenvalue weighted by atomic mass is 9.99. The van der Waals surface area contributed by atoms with Gasteiger partial charge < -0.3 is 10.1 Å². The maximum atomic E-state index is 13.6. The zero-order valence-electron chi connectivity index (χ0n) is 13.5. The molecule has 7 heteroatoms. The maximum absolute atomic E-state index is 13.6. The summed E-state index contributed by atoms with van der Waals surface area (Å²) in [5.41, 5.74) is 0.336. The fourth-order valence-electron chi connectivity index (χ4n) is 3.61. The molecule has 2 aliphatic heterocycles. The van der Waals surface area contributed by atoms with Crippen LogP contribution in [-0.4, -0.2) is 42.6 Å². The molecule has 2 saturated heterocycles. The van der Waals surface area contributed by atoms with Crippen molar-refractivity contribution in [2.24, 2.45) is 0 Å². The zero-order chi connectivity index (χ0) is 17.3. The highest BCUT2D eigenvalue weighted by Crippen LogP contribution is 2.33. The van der Waals surface area contributed by atoms with Crippen LogP contribution >= 0.6 is 0 Å². The molecule has 1 aromatic rings. The lowest BCUT2D eigenvalue weighted by molar-refractivity contribution is -0.131. The Morgan fingerprint density at radius 2 is 2.00 bits per heavy atom. The number of ether oxygens (including phenoxy) is 1. The Morgan fingerprint density at radius 1 is 1.29 bits per heavy atom. The van der Waals surface area contributed by atoms with Crippen LogP contribution in [0.1, 0.15) is 37.8 Å². The highest BCUT2D eigenvalue weighted by atomic mass is 19.2. The van der Waals surface area contributed by atoms with Gasteiger partial charge in [-0.2, -0.15) is 0 Å². The van der Waals surface area contributed by atoms with Gasteiger partial charge in [0.15, 0.2) is 17.5 Å². The van der Waals surface area contributed by atoms with Crippen LogP contribution in [0.3, 0.4) is 0 Å². The molecule has 2 unspecified atom stereocenters. The molecule has 1 amide bonds. The summed E-state index contributed by atoms with van der Waals surface area (Å²) >= 11 is 0. The second-order valence-electron chi connectivity index (χ2n) is 6.28. The Labute approximate surface area is 139 Å². The number of hydrogen-bond acceptors (Lipinski definition) is 3. The molecule has 0 bridgehead atoms. The minimum atomic E-state index is -1.47. The van der Waals surface area contributed by atoms with Gasteiger partial charge in [-0.1, -0.05) is 6.92 Å². The summed E-state index contributed by atoms with van der Waals surface area (Å²) in [7, 11) is 0. The van der Waals surface area contributed by atoms with Gasteiger partial charge in [0.1, 0.15) is 6.10 Å². The van der Waals surface area contributed by atoms with E-state index >= 15 is 0 Å². The van der Waals surface area contributed by atoms with Gasteiger partial charge in [0.05, 0.1) is 6.04 Å². The van der Waals surface area contributed by atoms with E-state index in [1.165, 1.54) is 0 Å². The molecule has 2 fully saturated rings. The highest BCUT2D eigenvalue weighted by Gasteiger charge is 2.37. The van der Waals surface area contributed by atoms with Crippen molar-refractivity contribution < 1.29 is 22.7 Å². The fraction of sp³-hybridized carbons (Fsp3) is 0.588. The number of likely N-dealkylation sites (tertiary alicyclic amines) is 1. The summed E-state index contributed by atoms with van der Waals surface area (Å²) in [6.07, 6.45) is 1.74. The van der Waals surface area contributed by atoms with Crippen molar-refractivity contribution in [2.45, 2.75) is 44.4 Å². The van der Waals surface area contributed by atoms with Crippen LogP contribution in [0, 0.1) is 17.5 Å². The van der Waals surface area contributed by atoms with Gasteiger partial charge in [-0.15, -0.1) is 0 Å². The summed E-state index contributed by atoms with van der Waals surface area (Å²) < 4.78 is 45.9. The number of amides is 1. The molecular weight excluding hydrogens is 321 g/mol. The smallest absolute Gasteiger partial charge is 0.249 e. The quantitative estimate of drug-likeness (QED) is 0.855. The van der Waals surface area contributed by atoms with Gasteiger partial charge in [0, 0.05) is 19.2 Å². The van der Waals surface area contributed by atoms with Gasteiger partial charge >= 0.3 is 0 Å². The predicted molar refractivity (Wildman–Crippen MR) is 81.8 cm³/mol. The van der Waals surface area contributed by atoms with Gasteiger partial charge in [-0.3, -0.25) is 9.69 Å². The van der Waals surface area contributed by atoms with Crippen molar-refractivity contribution in [3.63, 3.8) is 0 Å². The van der Waals surface area contributed by atoms with Crippen LogP contribution in [0.25, 0.3) is 0 Å². The molecule has 24 heavy (non-hydrogen) atoms.